The second-order valence-corrected chi connectivity index (χ2v) is 6.01. The molecule has 1 nitrogen and oxygen atoms in total. The van der Waals surface area contributed by atoms with Crippen LogP contribution in [-0.4, -0.2) is 10.3 Å². The van der Waals surface area contributed by atoms with Crippen molar-refractivity contribution in [2.24, 2.45) is 11.3 Å². The van der Waals surface area contributed by atoms with Crippen molar-refractivity contribution < 1.29 is 0 Å². The monoisotopic (exact) mass is 275 g/mol. The molecule has 0 N–H and O–H groups in total. The van der Waals surface area contributed by atoms with Crippen molar-refractivity contribution in [1.82, 2.24) is 4.98 Å². The predicted molar refractivity (Wildman–Crippen MR) is 67.3 cm³/mol. The Labute approximate surface area is 99.1 Å². The first-order chi connectivity index (χ1) is 6.48. The molecule has 0 saturated carbocycles. The smallest absolute Gasteiger partial charge is 0.0933 e. The highest BCUT2D eigenvalue weighted by molar-refractivity contribution is 9.09. The van der Waals surface area contributed by atoms with Crippen LogP contribution in [0.5, 0.6) is 0 Å². The number of nitrogens with zero attached hydrogens (tertiary/aromatic N) is 1. The van der Waals surface area contributed by atoms with Crippen LogP contribution in [0.25, 0.3) is 0 Å². The molecule has 1 aromatic heterocycles. The minimum atomic E-state index is 0.324. The van der Waals surface area contributed by atoms with Gasteiger partial charge in [-0.05, 0) is 18.3 Å². The molecule has 0 aliphatic heterocycles. The molecular weight excluding hydrogens is 258 g/mol. The molecule has 3 heteroatoms. The van der Waals surface area contributed by atoms with Gasteiger partial charge in [-0.25, -0.2) is 4.98 Å². The summed E-state index contributed by atoms with van der Waals surface area (Å²) < 4.78 is 0. The highest BCUT2D eigenvalue weighted by Gasteiger charge is 2.28. The Balaban J connectivity index is 2.75. The summed E-state index contributed by atoms with van der Waals surface area (Å²) in [6.07, 6.45) is 1.08. The molecule has 1 rings (SSSR count). The van der Waals surface area contributed by atoms with Crippen molar-refractivity contribution in [3.05, 3.63) is 16.1 Å². The molecule has 0 spiro atoms. The van der Waals surface area contributed by atoms with E-state index in [2.05, 4.69) is 54.0 Å². The fourth-order valence-electron chi connectivity index (χ4n) is 1.24. The summed E-state index contributed by atoms with van der Waals surface area (Å²) >= 11 is 5.39. The van der Waals surface area contributed by atoms with Crippen LogP contribution in [0.15, 0.2) is 5.38 Å². The molecule has 0 bridgehead atoms. The van der Waals surface area contributed by atoms with E-state index in [0.717, 1.165) is 17.4 Å². The van der Waals surface area contributed by atoms with Gasteiger partial charge in [0.25, 0.3) is 0 Å². The first kappa shape index (κ1) is 12.2. The molecule has 0 saturated heterocycles. The molecule has 1 heterocycles. The SMILES string of the molecule is Cc1csc(CC(C)(CBr)C(C)C)n1. The van der Waals surface area contributed by atoms with Crippen molar-refractivity contribution in [1.29, 1.82) is 0 Å². The molecular formula is C11H18BrNS. The lowest BCUT2D eigenvalue weighted by Gasteiger charge is -2.30. The highest BCUT2D eigenvalue weighted by Crippen LogP contribution is 2.33. The van der Waals surface area contributed by atoms with Gasteiger partial charge in [0.05, 0.1) is 5.01 Å². The Kier molecular flexibility index (Phi) is 4.14. The first-order valence-electron chi connectivity index (χ1n) is 4.95. The largest absolute Gasteiger partial charge is 0.247 e. The van der Waals surface area contributed by atoms with E-state index in [9.17, 15) is 0 Å². The van der Waals surface area contributed by atoms with Gasteiger partial charge in [0, 0.05) is 22.8 Å². The van der Waals surface area contributed by atoms with Gasteiger partial charge < -0.3 is 0 Å². The van der Waals surface area contributed by atoms with E-state index >= 15 is 0 Å². The number of hydrogen-bond donors (Lipinski definition) is 0. The molecule has 80 valence electrons. The van der Waals surface area contributed by atoms with Crippen LogP contribution in [0.1, 0.15) is 31.5 Å². The van der Waals surface area contributed by atoms with Crippen molar-refractivity contribution >= 4 is 27.3 Å². The minimum Gasteiger partial charge on any atom is -0.247 e. The van der Waals surface area contributed by atoms with Gasteiger partial charge in [0.1, 0.15) is 0 Å². The van der Waals surface area contributed by atoms with Gasteiger partial charge in [-0.15, -0.1) is 11.3 Å². The van der Waals surface area contributed by atoms with E-state index in [1.54, 1.807) is 11.3 Å². The second-order valence-electron chi connectivity index (χ2n) is 4.50. The Morgan fingerprint density at radius 2 is 2.21 bits per heavy atom. The number of alkyl halides is 1. The maximum Gasteiger partial charge on any atom is 0.0933 e. The Bertz CT molecular complexity index is 295. The third-order valence-corrected chi connectivity index (χ3v) is 5.17. The van der Waals surface area contributed by atoms with Gasteiger partial charge in [-0.1, -0.05) is 36.7 Å². The zero-order chi connectivity index (χ0) is 10.8. The predicted octanol–water partition coefficient (Wildman–Crippen LogP) is 4.05. The van der Waals surface area contributed by atoms with Gasteiger partial charge in [0.2, 0.25) is 0 Å². The van der Waals surface area contributed by atoms with Crippen molar-refractivity contribution in [2.75, 3.05) is 5.33 Å². The molecule has 0 aliphatic carbocycles. The summed E-state index contributed by atoms with van der Waals surface area (Å²) in [4.78, 5) is 4.52. The number of hydrogen-bond acceptors (Lipinski definition) is 2. The number of aromatic nitrogens is 1. The molecule has 0 fully saturated rings. The van der Waals surface area contributed by atoms with Crippen LogP contribution in [0.2, 0.25) is 0 Å². The molecule has 0 radical (unpaired) electrons. The molecule has 1 aromatic rings. The standard InChI is InChI=1S/C11H18BrNS/c1-8(2)11(4,7-12)5-10-13-9(3)6-14-10/h6,8H,5,7H2,1-4H3. The molecule has 14 heavy (non-hydrogen) atoms. The van der Waals surface area contributed by atoms with Gasteiger partial charge >= 0.3 is 0 Å². The van der Waals surface area contributed by atoms with Crippen LogP contribution in [-0.2, 0) is 6.42 Å². The zero-order valence-electron chi connectivity index (χ0n) is 9.30. The Morgan fingerprint density at radius 1 is 1.57 bits per heavy atom. The number of rotatable bonds is 4. The Morgan fingerprint density at radius 3 is 2.57 bits per heavy atom. The average Bonchev–Trinajstić information content (AvgIpc) is 2.50. The summed E-state index contributed by atoms with van der Waals surface area (Å²) in [5.41, 5.74) is 1.47. The summed E-state index contributed by atoms with van der Waals surface area (Å²) in [5.74, 6) is 0.672. The molecule has 1 unspecified atom stereocenters. The van der Waals surface area contributed by atoms with E-state index < -0.39 is 0 Å². The summed E-state index contributed by atoms with van der Waals surface area (Å²) in [6, 6.07) is 0. The first-order valence-corrected chi connectivity index (χ1v) is 6.95. The summed E-state index contributed by atoms with van der Waals surface area (Å²) in [5, 5.41) is 4.43. The quantitative estimate of drug-likeness (QED) is 0.756. The van der Waals surface area contributed by atoms with Crippen LogP contribution < -0.4 is 0 Å². The normalized spacial score (nSPS) is 15.9. The zero-order valence-corrected chi connectivity index (χ0v) is 11.7. The molecule has 0 aliphatic rings. The van der Waals surface area contributed by atoms with Crippen molar-refractivity contribution in [3.63, 3.8) is 0 Å². The summed E-state index contributed by atoms with van der Waals surface area (Å²) in [7, 11) is 0. The fraction of sp³-hybridized carbons (Fsp3) is 0.727. The average molecular weight is 276 g/mol. The summed E-state index contributed by atoms with van der Waals surface area (Å²) in [6.45, 7) is 8.94. The number of thiazole rings is 1. The Hall–Kier alpha value is 0.110. The van der Waals surface area contributed by atoms with Crippen molar-refractivity contribution in [2.45, 2.75) is 34.1 Å². The van der Waals surface area contributed by atoms with E-state index in [-0.39, 0.29) is 0 Å². The van der Waals surface area contributed by atoms with Crippen LogP contribution in [0.3, 0.4) is 0 Å². The lowest BCUT2D eigenvalue weighted by Crippen LogP contribution is -2.27. The molecule has 0 aromatic carbocycles. The van der Waals surface area contributed by atoms with Crippen LogP contribution >= 0.6 is 27.3 Å². The van der Waals surface area contributed by atoms with Gasteiger partial charge in [-0.3, -0.25) is 0 Å². The van der Waals surface area contributed by atoms with E-state index in [0.29, 0.717) is 11.3 Å². The third kappa shape index (κ3) is 2.80. The fourth-order valence-corrected chi connectivity index (χ4v) is 3.05. The minimum absolute atomic E-state index is 0.324. The van der Waals surface area contributed by atoms with Crippen LogP contribution in [0, 0.1) is 18.3 Å². The van der Waals surface area contributed by atoms with E-state index in [1.807, 2.05) is 0 Å². The third-order valence-electron chi connectivity index (χ3n) is 2.92. The molecule has 1 atom stereocenters. The second kappa shape index (κ2) is 4.75. The van der Waals surface area contributed by atoms with Crippen molar-refractivity contribution in [3.8, 4) is 0 Å². The van der Waals surface area contributed by atoms with Gasteiger partial charge in [0.15, 0.2) is 0 Å². The number of halogens is 1. The maximum atomic E-state index is 4.52. The lowest BCUT2D eigenvalue weighted by molar-refractivity contribution is 0.257. The topological polar surface area (TPSA) is 12.9 Å². The number of aryl methyl sites for hydroxylation is 1. The van der Waals surface area contributed by atoms with Crippen LogP contribution in [0.4, 0.5) is 0 Å². The molecule has 0 amide bonds. The van der Waals surface area contributed by atoms with E-state index in [4.69, 9.17) is 0 Å². The lowest BCUT2D eigenvalue weighted by atomic mass is 9.78. The highest BCUT2D eigenvalue weighted by atomic mass is 79.9. The van der Waals surface area contributed by atoms with Gasteiger partial charge in [-0.2, -0.15) is 0 Å². The van der Waals surface area contributed by atoms with E-state index in [1.165, 1.54) is 5.01 Å². The maximum absolute atomic E-state index is 4.52.